The van der Waals surface area contributed by atoms with Crippen LogP contribution in [0.4, 0.5) is 19.0 Å². The van der Waals surface area contributed by atoms with E-state index >= 15 is 0 Å². The number of aryl methyl sites for hydroxylation is 1. The first-order chi connectivity index (χ1) is 16.2. The lowest BCUT2D eigenvalue weighted by atomic mass is 9.98. The predicted octanol–water partition coefficient (Wildman–Crippen LogP) is 4.73. The van der Waals surface area contributed by atoms with Gasteiger partial charge in [0.15, 0.2) is 0 Å². The number of aromatic nitrogens is 4. The van der Waals surface area contributed by atoms with E-state index in [2.05, 4.69) is 27.4 Å². The number of amides is 1. The van der Waals surface area contributed by atoms with Crippen molar-refractivity contribution in [1.82, 2.24) is 24.9 Å². The van der Waals surface area contributed by atoms with Gasteiger partial charge in [-0.05, 0) is 49.4 Å². The van der Waals surface area contributed by atoms with Gasteiger partial charge < -0.3 is 10.2 Å². The first-order valence-electron chi connectivity index (χ1n) is 11.3. The Morgan fingerprint density at radius 1 is 1.21 bits per heavy atom. The molecule has 1 aliphatic heterocycles. The number of benzene rings is 1. The van der Waals surface area contributed by atoms with Crippen LogP contribution >= 0.6 is 0 Å². The van der Waals surface area contributed by atoms with Crippen LogP contribution in [0.25, 0.3) is 5.69 Å². The molecule has 1 fully saturated rings. The van der Waals surface area contributed by atoms with Gasteiger partial charge in [-0.15, -0.1) is 0 Å². The third-order valence-corrected chi connectivity index (χ3v) is 6.23. The van der Waals surface area contributed by atoms with Crippen molar-refractivity contribution in [2.45, 2.75) is 51.9 Å². The first-order valence-corrected chi connectivity index (χ1v) is 11.3. The number of carbonyl (C=O) groups excluding carboxylic acids is 1. The number of hydrogen-bond donors (Lipinski definition) is 1. The van der Waals surface area contributed by atoms with Gasteiger partial charge in [-0.3, -0.25) is 4.79 Å². The Bertz CT molecular complexity index is 1130. The van der Waals surface area contributed by atoms with Gasteiger partial charge in [0.1, 0.15) is 11.5 Å². The molecule has 0 bridgehead atoms. The summed E-state index contributed by atoms with van der Waals surface area (Å²) in [7, 11) is 0. The highest BCUT2D eigenvalue weighted by molar-refractivity contribution is 5.98. The second kappa shape index (κ2) is 9.44. The molecular formula is C24H27F3N6O. The Balaban J connectivity index is 1.60. The molecule has 4 rings (SSSR count). The van der Waals surface area contributed by atoms with Crippen LogP contribution in [0, 0.1) is 12.8 Å². The van der Waals surface area contributed by atoms with E-state index in [1.807, 2.05) is 30.9 Å². The molecule has 180 valence electrons. The van der Waals surface area contributed by atoms with E-state index in [0.717, 1.165) is 24.2 Å². The highest BCUT2D eigenvalue weighted by atomic mass is 19.4. The van der Waals surface area contributed by atoms with Crippen LogP contribution in [-0.4, -0.2) is 49.4 Å². The molecule has 1 amide bonds. The summed E-state index contributed by atoms with van der Waals surface area (Å²) in [4.78, 5) is 21.1. The Morgan fingerprint density at radius 3 is 2.56 bits per heavy atom. The molecule has 34 heavy (non-hydrogen) atoms. The van der Waals surface area contributed by atoms with Crippen LogP contribution in [0.15, 0.2) is 48.9 Å². The SMILES string of the molecule is CCC(Nc1ccc(C(F)(F)F)cn1)C1CC(C)CN1C(=O)c1cccc(C)c1-n1nccn1. The van der Waals surface area contributed by atoms with Crippen molar-refractivity contribution < 1.29 is 18.0 Å². The van der Waals surface area contributed by atoms with Gasteiger partial charge in [-0.25, -0.2) is 4.98 Å². The summed E-state index contributed by atoms with van der Waals surface area (Å²) in [5.74, 6) is 0.510. The number of para-hydroxylation sites is 1. The number of carbonyl (C=O) groups is 1. The maximum atomic E-state index is 13.8. The summed E-state index contributed by atoms with van der Waals surface area (Å²) in [5.41, 5.74) is 1.24. The van der Waals surface area contributed by atoms with Crippen molar-refractivity contribution in [1.29, 1.82) is 0 Å². The van der Waals surface area contributed by atoms with Gasteiger partial charge in [0, 0.05) is 18.8 Å². The molecule has 0 aliphatic carbocycles. The molecule has 1 saturated heterocycles. The molecule has 10 heteroatoms. The molecule has 3 aromatic rings. The maximum absolute atomic E-state index is 13.8. The fraction of sp³-hybridized carbons (Fsp3) is 0.417. The number of halogens is 3. The van der Waals surface area contributed by atoms with Crippen LogP contribution < -0.4 is 5.32 Å². The Hall–Kier alpha value is -3.43. The van der Waals surface area contributed by atoms with Gasteiger partial charge in [-0.2, -0.15) is 28.2 Å². The van der Waals surface area contributed by atoms with Gasteiger partial charge in [0.05, 0.1) is 29.6 Å². The Kier molecular flexibility index (Phi) is 6.58. The second-order valence-corrected chi connectivity index (χ2v) is 8.74. The third-order valence-electron chi connectivity index (χ3n) is 6.23. The minimum Gasteiger partial charge on any atom is -0.365 e. The topological polar surface area (TPSA) is 75.9 Å². The molecule has 0 spiro atoms. The van der Waals surface area contributed by atoms with E-state index in [1.54, 1.807) is 18.5 Å². The van der Waals surface area contributed by atoms with Gasteiger partial charge in [-0.1, -0.05) is 26.0 Å². The quantitative estimate of drug-likeness (QED) is 0.561. The largest absolute Gasteiger partial charge is 0.417 e. The number of pyridine rings is 1. The molecule has 7 nitrogen and oxygen atoms in total. The van der Waals surface area contributed by atoms with Gasteiger partial charge >= 0.3 is 6.18 Å². The van der Waals surface area contributed by atoms with E-state index in [4.69, 9.17) is 0 Å². The number of alkyl halides is 3. The normalized spacial score (nSPS) is 19.3. The summed E-state index contributed by atoms with van der Waals surface area (Å²) < 4.78 is 38.7. The standard InChI is InChI=1S/C24H27F3N6O/c1-4-19(31-21-9-8-17(13-28-21)24(25,26)27)20-12-15(2)14-32(20)23(34)18-7-5-6-16(3)22(18)33-29-10-11-30-33/h5-11,13,15,19-20H,4,12,14H2,1-3H3,(H,28,31). The molecule has 0 saturated carbocycles. The van der Waals surface area contributed by atoms with Crippen LogP contribution in [0.3, 0.4) is 0 Å². The third kappa shape index (κ3) is 4.76. The average Bonchev–Trinajstić information content (AvgIpc) is 3.46. The van der Waals surface area contributed by atoms with E-state index in [9.17, 15) is 18.0 Å². The van der Waals surface area contributed by atoms with E-state index in [-0.39, 0.29) is 23.9 Å². The summed E-state index contributed by atoms with van der Waals surface area (Å²) in [6, 6.07) is 7.55. The molecule has 1 N–H and O–H groups in total. The van der Waals surface area contributed by atoms with Crippen molar-refractivity contribution in [2.75, 3.05) is 11.9 Å². The first kappa shape index (κ1) is 23.7. The fourth-order valence-electron chi connectivity index (χ4n) is 4.59. The summed E-state index contributed by atoms with van der Waals surface area (Å²) in [6.45, 7) is 6.57. The lowest BCUT2D eigenvalue weighted by Gasteiger charge is -2.32. The molecule has 1 aliphatic rings. The van der Waals surface area contributed by atoms with E-state index in [0.29, 0.717) is 30.0 Å². The maximum Gasteiger partial charge on any atom is 0.417 e. The van der Waals surface area contributed by atoms with Gasteiger partial charge in [0.25, 0.3) is 5.91 Å². The zero-order valence-corrected chi connectivity index (χ0v) is 19.3. The summed E-state index contributed by atoms with van der Waals surface area (Å²) in [5, 5.41) is 11.7. The zero-order valence-electron chi connectivity index (χ0n) is 19.3. The minimum absolute atomic E-state index is 0.119. The van der Waals surface area contributed by atoms with Crippen LogP contribution in [0.2, 0.25) is 0 Å². The molecule has 0 radical (unpaired) electrons. The predicted molar refractivity (Wildman–Crippen MR) is 122 cm³/mol. The van der Waals surface area contributed by atoms with E-state index < -0.39 is 11.7 Å². The molecule has 2 aromatic heterocycles. The number of hydrogen-bond acceptors (Lipinski definition) is 5. The monoisotopic (exact) mass is 472 g/mol. The van der Waals surface area contributed by atoms with Crippen molar-refractivity contribution in [3.63, 3.8) is 0 Å². The number of likely N-dealkylation sites (tertiary alicyclic amines) is 1. The highest BCUT2D eigenvalue weighted by Gasteiger charge is 2.39. The van der Waals surface area contributed by atoms with E-state index in [1.165, 1.54) is 10.9 Å². The van der Waals surface area contributed by atoms with Crippen molar-refractivity contribution >= 4 is 11.7 Å². The number of nitrogens with zero attached hydrogens (tertiary/aromatic N) is 5. The highest BCUT2D eigenvalue weighted by Crippen LogP contribution is 2.32. The lowest BCUT2D eigenvalue weighted by Crippen LogP contribution is -2.46. The van der Waals surface area contributed by atoms with Crippen molar-refractivity contribution in [2.24, 2.45) is 5.92 Å². The number of rotatable bonds is 6. The van der Waals surface area contributed by atoms with Crippen LogP contribution in [-0.2, 0) is 6.18 Å². The Morgan fingerprint density at radius 2 is 1.94 bits per heavy atom. The molecule has 3 atom stereocenters. The molecular weight excluding hydrogens is 445 g/mol. The minimum atomic E-state index is -4.44. The summed E-state index contributed by atoms with van der Waals surface area (Å²) >= 11 is 0. The van der Waals surface area contributed by atoms with Crippen LogP contribution in [0.5, 0.6) is 0 Å². The lowest BCUT2D eigenvalue weighted by molar-refractivity contribution is -0.137. The van der Waals surface area contributed by atoms with Crippen LogP contribution in [0.1, 0.15) is 48.2 Å². The van der Waals surface area contributed by atoms with Gasteiger partial charge in [0.2, 0.25) is 0 Å². The molecule has 1 aromatic carbocycles. The second-order valence-electron chi connectivity index (χ2n) is 8.74. The molecule has 3 unspecified atom stereocenters. The van der Waals surface area contributed by atoms with Crippen molar-refractivity contribution in [3.05, 3.63) is 65.6 Å². The smallest absolute Gasteiger partial charge is 0.365 e. The summed E-state index contributed by atoms with van der Waals surface area (Å²) in [6.07, 6.45) is 0.968. The molecule has 3 heterocycles. The number of anilines is 1. The average molecular weight is 473 g/mol. The number of nitrogens with one attached hydrogen (secondary N) is 1. The van der Waals surface area contributed by atoms with Crippen molar-refractivity contribution in [3.8, 4) is 5.69 Å². The zero-order chi connectivity index (χ0) is 24.5. The fourth-order valence-corrected chi connectivity index (χ4v) is 4.59. The Labute approximate surface area is 196 Å².